The van der Waals surface area contributed by atoms with Gasteiger partial charge in [0.25, 0.3) is 0 Å². The number of piperazine rings is 1. The standard InChI is InChI=1S/C24H31N3O3/c1-28-23-11-10-19(17-24(23)29-2)22-18-21(30-25-22)9-6-12-26-13-15-27(16-14-26)20-7-4-3-5-8-20/h3-5,7-8,10-11,17-18,21,25H,6,9,12-16H2,1-2H3. The lowest BCUT2D eigenvalue weighted by molar-refractivity contribution is 0.0438. The van der Waals surface area contributed by atoms with E-state index < -0.39 is 0 Å². The van der Waals surface area contributed by atoms with E-state index in [0.29, 0.717) is 0 Å². The molecule has 160 valence electrons. The summed E-state index contributed by atoms with van der Waals surface area (Å²) in [5, 5.41) is 0. The Kier molecular flexibility index (Phi) is 6.77. The molecule has 0 aromatic heterocycles. The number of nitrogens with zero attached hydrogens (tertiary/aromatic N) is 2. The largest absolute Gasteiger partial charge is 0.493 e. The first-order valence-electron chi connectivity index (χ1n) is 10.6. The number of methoxy groups -OCH3 is 2. The van der Waals surface area contributed by atoms with Crippen molar-refractivity contribution < 1.29 is 14.3 Å². The molecule has 6 nitrogen and oxygen atoms in total. The maximum absolute atomic E-state index is 5.77. The van der Waals surface area contributed by atoms with Crippen LogP contribution in [0.5, 0.6) is 11.5 Å². The summed E-state index contributed by atoms with van der Waals surface area (Å²) in [5.41, 5.74) is 6.42. The van der Waals surface area contributed by atoms with E-state index in [1.807, 2.05) is 18.2 Å². The highest BCUT2D eigenvalue weighted by atomic mass is 16.7. The van der Waals surface area contributed by atoms with Gasteiger partial charge in [0.15, 0.2) is 11.5 Å². The molecule has 2 aliphatic rings. The van der Waals surface area contributed by atoms with E-state index in [-0.39, 0.29) is 6.10 Å². The van der Waals surface area contributed by atoms with Gasteiger partial charge in [-0.05, 0) is 55.8 Å². The third-order valence-electron chi connectivity index (χ3n) is 5.82. The first-order valence-corrected chi connectivity index (χ1v) is 10.6. The van der Waals surface area contributed by atoms with Gasteiger partial charge < -0.3 is 14.4 Å². The second-order valence-corrected chi connectivity index (χ2v) is 7.71. The summed E-state index contributed by atoms with van der Waals surface area (Å²) in [4.78, 5) is 10.8. The van der Waals surface area contributed by atoms with Crippen LogP contribution in [0.1, 0.15) is 18.4 Å². The van der Waals surface area contributed by atoms with Gasteiger partial charge >= 0.3 is 0 Å². The summed E-state index contributed by atoms with van der Waals surface area (Å²) in [6.45, 7) is 5.53. The Morgan fingerprint density at radius 1 is 0.967 bits per heavy atom. The second kappa shape index (κ2) is 9.87. The molecule has 2 aromatic rings. The summed E-state index contributed by atoms with van der Waals surface area (Å²) >= 11 is 0. The van der Waals surface area contributed by atoms with E-state index in [2.05, 4.69) is 51.7 Å². The number of hydrogen-bond donors (Lipinski definition) is 1. The van der Waals surface area contributed by atoms with Crippen LogP contribution in [0.3, 0.4) is 0 Å². The predicted octanol–water partition coefficient (Wildman–Crippen LogP) is 3.55. The second-order valence-electron chi connectivity index (χ2n) is 7.71. The van der Waals surface area contributed by atoms with Crippen LogP contribution in [0.25, 0.3) is 5.70 Å². The van der Waals surface area contributed by atoms with E-state index in [1.54, 1.807) is 14.2 Å². The summed E-state index contributed by atoms with van der Waals surface area (Å²) in [7, 11) is 3.29. The highest BCUT2D eigenvalue weighted by Crippen LogP contribution is 2.31. The van der Waals surface area contributed by atoms with Crippen LogP contribution >= 0.6 is 0 Å². The van der Waals surface area contributed by atoms with Gasteiger partial charge in [0.05, 0.1) is 19.9 Å². The molecule has 0 radical (unpaired) electrons. The molecule has 0 spiro atoms. The van der Waals surface area contributed by atoms with E-state index >= 15 is 0 Å². The monoisotopic (exact) mass is 409 g/mol. The maximum atomic E-state index is 5.77. The average molecular weight is 410 g/mol. The lowest BCUT2D eigenvalue weighted by Crippen LogP contribution is -2.46. The summed E-state index contributed by atoms with van der Waals surface area (Å²) in [5.74, 6) is 1.44. The van der Waals surface area contributed by atoms with Crippen molar-refractivity contribution in [1.29, 1.82) is 0 Å². The fraction of sp³-hybridized carbons (Fsp3) is 0.417. The van der Waals surface area contributed by atoms with Crippen LogP contribution in [0.4, 0.5) is 5.69 Å². The topological polar surface area (TPSA) is 46.2 Å². The summed E-state index contributed by atoms with van der Waals surface area (Å²) < 4.78 is 10.7. The van der Waals surface area contributed by atoms with Gasteiger partial charge in [0, 0.05) is 37.4 Å². The van der Waals surface area contributed by atoms with Crippen molar-refractivity contribution >= 4 is 11.4 Å². The Morgan fingerprint density at radius 2 is 1.73 bits per heavy atom. The van der Waals surface area contributed by atoms with Crippen LogP contribution in [0.2, 0.25) is 0 Å². The first kappa shape index (κ1) is 20.6. The van der Waals surface area contributed by atoms with Crippen LogP contribution in [-0.2, 0) is 4.84 Å². The Hall–Kier alpha value is -2.70. The quantitative estimate of drug-likeness (QED) is 0.720. The van der Waals surface area contributed by atoms with Crippen molar-refractivity contribution in [2.75, 3.05) is 51.8 Å². The van der Waals surface area contributed by atoms with Crippen molar-refractivity contribution in [1.82, 2.24) is 10.4 Å². The van der Waals surface area contributed by atoms with Gasteiger partial charge in [-0.1, -0.05) is 18.2 Å². The van der Waals surface area contributed by atoms with E-state index in [0.717, 1.165) is 68.3 Å². The fourth-order valence-corrected chi connectivity index (χ4v) is 4.08. The lowest BCUT2D eigenvalue weighted by Gasteiger charge is -2.36. The number of hydrogen-bond acceptors (Lipinski definition) is 6. The minimum absolute atomic E-state index is 0.0960. The third-order valence-corrected chi connectivity index (χ3v) is 5.82. The van der Waals surface area contributed by atoms with Gasteiger partial charge in [0.2, 0.25) is 0 Å². The number of anilines is 1. The lowest BCUT2D eigenvalue weighted by atomic mass is 10.1. The smallest absolute Gasteiger partial charge is 0.161 e. The van der Waals surface area contributed by atoms with E-state index in [9.17, 15) is 0 Å². The van der Waals surface area contributed by atoms with Gasteiger partial charge in [-0.25, -0.2) is 0 Å². The molecule has 0 aliphatic carbocycles. The number of ether oxygens (including phenoxy) is 2. The molecule has 2 heterocycles. The van der Waals surface area contributed by atoms with Gasteiger partial charge in [-0.15, -0.1) is 0 Å². The molecule has 1 atom stereocenters. The van der Waals surface area contributed by atoms with Crippen LogP contribution < -0.4 is 19.9 Å². The molecule has 0 saturated carbocycles. The molecule has 4 rings (SSSR count). The molecule has 2 aromatic carbocycles. The van der Waals surface area contributed by atoms with Gasteiger partial charge in [0.1, 0.15) is 6.10 Å². The minimum Gasteiger partial charge on any atom is -0.493 e. The number of hydroxylamine groups is 1. The average Bonchev–Trinajstić information content (AvgIpc) is 3.28. The Balaban J connectivity index is 1.22. The number of para-hydroxylation sites is 1. The number of nitrogens with one attached hydrogen (secondary N) is 1. The highest BCUT2D eigenvalue weighted by Gasteiger charge is 2.20. The van der Waals surface area contributed by atoms with Crippen molar-refractivity contribution in [3.05, 3.63) is 60.2 Å². The third kappa shape index (κ3) is 4.89. The number of benzene rings is 2. The van der Waals surface area contributed by atoms with E-state index in [1.165, 1.54) is 5.69 Å². The molecule has 0 amide bonds. The molecule has 1 N–H and O–H groups in total. The molecule has 30 heavy (non-hydrogen) atoms. The van der Waals surface area contributed by atoms with Crippen molar-refractivity contribution in [2.45, 2.75) is 18.9 Å². The van der Waals surface area contributed by atoms with Crippen LogP contribution in [0.15, 0.2) is 54.6 Å². The molecular formula is C24H31N3O3. The van der Waals surface area contributed by atoms with Crippen LogP contribution in [0, 0.1) is 0 Å². The molecule has 1 fully saturated rings. The zero-order chi connectivity index (χ0) is 20.8. The fourth-order valence-electron chi connectivity index (χ4n) is 4.08. The van der Waals surface area contributed by atoms with Crippen LogP contribution in [-0.4, -0.2) is 57.9 Å². The SMILES string of the molecule is COc1ccc(C2=CC(CCCN3CCN(c4ccccc4)CC3)ON2)cc1OC. The molecule has 6 heteroatoms. The summed E-state index contributed by atoms with van der Waals surface area (Å²) in [6, 6.07) is 16.6. The molecule has 2 aliphatic heterocycles. The maximum Gasteiger partial charge on any atom is 0.161 e. The van der Waals surface area contributed by atoms with Crippen molar-refractivity contribution in [2.24, 2.45) is 0 Å². The normalized spacial score (nSPS) is 19.3. The van der Waals surface area contributed by atoms with Gasteiger partial charge in [-0.2, -0.15) is 0 Å². The van der Waals surface area contributed by atoms with Gasteiger partial charge in [-0.3, -0.25) is 15.2 Å². The number of rotatable bonds is 8. The molecule has 1 saturated heterocycles. The zero-order valence-electron chi connectivity index (χ0n) is 17.8. The Labute approximate surface area is 179 Å². The minimum atomic E-state index is 0.0960. The summed E-state index contributed by atoms with van der Waals surface area (Å²) in [6.07, 6.45) is 4.38. The van der Waals surface area contributed by atoms with Crippen molar-refractivity contribution in [3.63, 3.8) is 0 Å². The Morgan fingerprint density at radius 3 is 2.47 bits per heavy atom. The Bertz CT molecular complexity index is 848. The predicted molar refractivity (Wildman–Crippen MR) is 120 cm³/mol. The molecular weight excluding hydrogens is 378 g/mol. The van der Waals surface area contributed by atoms with E-state index in [4.69, 9.17) is 14.3 Å². The molecule has 1 unspecified atom stereocenters. The first-order chi connectivity index (χ1) is 14.8. The highest BCUT2D eigenvalue weighted by molar-refractivity contribution is 5.67. The zero-order valence-corrected chi connectivity index (χ0v) is 17.8. The molecule has 0 bridgehead atoms. The van der Waals surface area contributed by atoms with Crippen molar-refractivity contribution in [3.8, 4) is 11.5 Å².